The van der Waals surface area contributed by atoms with E-state index in [4.69, 9.17) is 9.84 Å². The maximum absolute atomic E-state index is 13.5. The maximum atomic E-state index is 13.5. The van der Waals surface area contributed by atoms with Gasteiger partial charge in [0.2, 0.25) is 0 Å². The fourth-order valence-corrected chi connectivity index (χ4v) is 2.26. The molecule has 3 nitrogen and oxygen atoms in total. The highest BCUT2D eigenvalue weighted by molar-refractivity contribution is 9.10. The Morgan fingerprint density at radius 2 is 2.40 bits per heavy atom. The highest BCUT2D eigenvalue weighted by Crippen LogP contribution is 2.37. The Morgan fingerprint density at radius 1 is 1.67 bits per heavy atom. The molecular weight excluding hydrogens is 267 g/mol. The van der Waals surface area contributed by atoms with Crippen molar-refractivity contribution in [1.29, 1.82) is 0 Å². The van der Waals surface area contributed by atoms with E-state index in [1.165, 1.54) is 6.07 Å². The number of carboxylic acid groups (broad SMARTS) is 1. The Bertz CT molecular complexity index is 431. The van der Waals surface area contributed by atoms with Crippen LogP contribution in [0.2, 0.25) is 0 Å². The van der Waals surface area contributed by atoms with E-state index in [1.807, 2.05) is 0 Å². The van der Waals surface area contributed by atoms with E-state index in [2.05, 4.69) is 15.9 Å². The molecule has 1 aliphatic heterocycles. The summed E-state index contributed by atoms with van der Waals surface area (Å²) in [6.07, 6.45) is 0.263. The Morgan fingerprint density at radius 3 is 3.07 bits per heavy atom. The predicted octanol–water partition coefficient (Wildman–Crippen LogP) is 2.15. The lowest BCUT2D eigenvalue weighted by molar-refractivity contribution is -0.136. The van der Waals surface area contributed by atoms with Crippen LogP contribution in [-0.2, 0) is 17.6 Å². The summed E-state index contributed by atoms with van der Waals surface area (Å²) in [6.45, 7) is 0.476. The Hall–Kier alpha value is -1.10. The summed E-state index contributed by atoms with van der Waals surface area (Å²) in [4.78, 5) is 10.6. The van der Waals surface area contributed by atoms with Crippen molar-refractivity contribution in [3.63, 3.8) is 0 Å². The molecule has 0 aliphatic carbocycles. The number of ether oxygens (including phenoxy) is 1. The molecule has 5 heteroatoms. The molecule has 0 bridgehead atoms. The van der Waals surface area contributed by atoms with Crippen molar-refractivity contribution in [1.82, 2.24) is 0 Å². The minimum absolute atomic E-state index is 0.234. The first-order chi connectivity index (χ1) is 7.09. The van der Waals surface area contributed by atoms with Gasteiger partial charge >= 0.3 is 5.97 Å². The van der Waals surface area contributed by atoms with Crippen molar-refractivity contribution >= 4 is 21.9 Å². The number of aliphatic carboxylic acids is 1. The van der Waals surface area contributed by atoms with Gasteiger partial charge in [-0.15, -0.1) is 0 Å². The molecule has 0 saturated heterocycles. The molecule has 0 spiro atoms. The quantitative estimate of drug-likeness (QED) is 0.899. The average molecular weight is 275 g/mol. The predicted molar refractivity (Wildman–Crippen MR) is 54.6 cm³/mol. The first-order valence-electron chi connectivity index (χ1n) is 4.44. The number of benzene rings is 1. The standard InChI is InChI=1S/C10H8BrFO3/c11-7-4-8(12)6(3-9(13)14)5-1-2-15-10(5)7/h4H,1-3H2,(H,13,14). The molecule has 0 radical (unpaired) electrons. The fourth-order valence-electron chi connectivity index (χ4n) is 1.71. The third-order valence-electron chi connectivity index (χ3n) is 2.32. The van der Waals surface area contributed by atoms with Crippen LogP contribution in [0.1, 0.15) is 11.1 Å². The van der Waals surface area contributed by atoms with Gasteiger partial charge in [0.1, 0.15) is 11.6 Å². The van der Waals surface area contributed by atoms with E-state index in [1.54, 1.807) is 0 Å². The lowest BCUT2D eigenvalue weighted by atomic mass is 10.0. The molecule has 80 valence electrons. The van der Waals surface area contributed by atoms with E-state index in [0.29, 0.717) is 28.8 Å². The van der Waals surface area contributed by atoms with Crippen molar-refractivity contribution in [2.24, 2.45) is 0 Å². The summed E-state index contributed by atoms with van der Waals surface area (Å²) in [5.74, 6) is -0.952. The Balaban J connectivity index is 2.54. The number of carboxylic acids is 1. The number of fused-ring (bicyclic) bond motifs is 1. The van der Waals surface area contributed by atoms with Gasteiger partial charge in [-0.1, -0.05) is 0 Å². The third kappa shape index (κ3) is 1.84. The number of halogens is 2. The second-order valence-electron chi connectivity index (χ2n) is 3.30. The van der Waals surface area contributed by atoms with Gasteiger partial charge in [0.25, 0.3) is 0 Å². The molecule has 0 unspecified atom stereocenters. The minimum atomic E-state index is -1.04. The summed E-state index contributed by atoms with van der Waals surface area (Å²) in [5, 5.41) is 8.67. The van der Waals surface area contributed by atoms with Crippen molar-refractivity contribution in [2.75, 3.05) is 6.61 Å². The first-order valence-corrected chi connectivity index (χ1v) is 5.23. The molecule has 1 aromatic rings. The second kappa shape index (κ2) is 3.81. The van der Waals surface area contributed by atoms with Gasteiger partial charge < -0.3 is 9.84 Å². The van der Waals surface area contributed by atoms with E-state index >= 15 is 0 Å². The normalized spacial score (nSPS) is 13.5. The third-order valence-corrected chi connectivity index (χ3v) is 2.91. The Kier molecular flexibility index (Phi) is 2.65. The zero-order valence-electron chi connectivity index (χ0n) is 7.72. The molecule has 1 heterocycles. The summed E-state index contributed by atoms with van der Waals surface area (Å²) in [7, 11) is 0. The monoisotopic (exact) mass is 274 g/mol. The molecule has 1 aliphatic rings. The number of hydrogen-bond donors (Lipinski definition) is 1. The van der Waals surface area contributed by atoms with Crippen LogP contribution in [0.3, 0.4) is 0 Å². The van der Waals surface area contributed by atoms with Gasteiger partial charge in [-0.2, -0.15) is 0 Å². The molecular formula is C10H8BrFO3. The van der Waals surface area contributed by atoms with Gasteiger partial charge in [0, 0.05) is 17.5 Å². The molecule has 15 heavy (non-hydrogen) atoms. The van der Waals surface area contributed by atoms with E-state index in [-0.39, 0.29) is 12.0 Å². The highest BCUT2D eigenvalue weighted by Gasteiger charge is 2.23. The van der Waals surface area contributed by atoms with Crippen LogP contribution in [0, 0.1) is 5.82 Å². The maximum Gasteiger partial charge on any atom is 0.307 e. The van der Waals surface area contributed by atoms with Crippen molar-refractivity contribution in [3.05, 3.63) is 27.5 Å². The average Bonchev–Trinajstić information content (AvgIpc) is 2.60. The van der Waals surface area contributed by atoms with Crippen LogP contribution in [0.5, 0.6) is 5.75 Å². The molecule has 1 N–H and O–H groups in total. The van der Waals surface area contributed by atoms with Gasteiger partial charge in [-0.3, -0.25) is 4.79 Å². The molecule has 0 saturated carbocycles. The van der Waals surface area contributed by atoms with Crippen LogP contribution in [0.4, 0.5) is 4.39 Å². The van der Waals surface area contributed by atoms with Gasteiger partial charge in [-0.05, 0) is 22.0 Å². The largest absolute Gasteiger partial charge is 0.492 e. The van der Waals surface area contributed by atoms with Gasteiger partial charge in [0.05, 0.1) is 17.5 Å². The van der Waals surface area contributed by atoms with E-state index in [0.717, 1.165) is 0 Å². The minimum Gasteiger partial charge on any atom is -0.492 e. The molecule has 2 rings (SSSR count). The van der Waals surface area contributed by atoms with Crippen molar-refractivity contribution in [2.45, 2.75) is 12.8 Å². The van der Waals surface area contributed by atoms with Crippen LogP contribution < -0.4 is 4.74 Å². The number of rotatable bonds is 2. The molecule has 0 aromatic heterocycles. The summed E-state index contributed by atoms with van der Waals surface area (Å²) in [6, 6.07) is 1.25. The topological polar surface area (TPSA) is 46.5 Å². The molecule has 0 amide bonds. The smallest absolute Gasteiger partial charge is 0.307 e. The highest BCUT2D eigenvalue weighted by atomic mass is 79.9. The zero-order valence-corrected chi connectivity index (χ0v) is 9.30. The Labute approximate surface area is 94.0 Å². The van der Waals surface area contributed by atoms with Crippen LogP contribution >= 0.6 is 15.9 Å². The van der Waals surface area contributed by atoms with E-state index < -0.39 is 11.8 Å². The van der Waals surface area contributed by atoms with Crippen molar-refractivity contribution < 1.29 is 19.0 Å². The zero-order chi connectivity index (χ0) is 11.0. The first kappa shape index (κ1) is 10.4. The van der Waals surface area contributed by atoms with Crippen LogP contribution in [0.25, 0.3) is 0 Å². The van der Waals surface area contributed by atoms with Crippen LogP contribution in [-0.4, -0.2) is 17.7 Å². The summed E-state index contributed by atoms with van der Waals surface area (Å²) >= 11 is 3.19. The number of carbonyl (C=O) groups is 1. The van der Waals surface area contributed by atoms with E-state index in [9.17, 15) is 9.18 Å². The lowest BCUT2D eigenvalue weighted by Gasteiger charge is -2.08. The SMILES string of the molecule is O=C(O)Cc1c(F)cc(Br)c2c1CCO2. The van der Waals surface area contributed by atoms with Gasteiger partial charge in [-0.25, -0.2) is 4.39 Å². The van der Waals surface area contributed by atoms with Crippen LogP contribution in [0.15, 0.2) is 10.5 Å². The summed E-state index contributed by atoms with van der Waals surface area (Å²) in [5.41, 5.74) is 0.905. The van der Waals surface area contributed by atoms with Crippen molar-refractivity contribution in [3.8, 4) is 5.75 Å². The van der Waals surface area contributed by atoms with Gasteiger partial charge in [0.15, 0.2) is 0 Å². The fraction of sp³-hybridized carbons (Fsp3) is 0.300. The number of hydrogen-bond acceptors (Lipinski definition) is 2. The summed E-state index contributed by atoms with van der Waals surface area (Å²) < 4.78 is 19.4. The molecule has 0 fully saturated rings. The second-order valence-corrected chi connectivity index (χ2v) is 4.15. The molecule has 1 aromatic carbocycles. The molecule has 0 atom stereocenters. The lowest BCUT2D eigenvalue weighted by Crippen LogP contribution is -2.05.